The number of nitrogens with zero attached hydrogens (tertiary/aromatic N) is 5. The molecule has 2 aromatic heterocycles. The van der Waals surface area contributed by atoms with E-state index in [4.69, 9.17) is 5.73 Å². The highest BCUT2D eigenvalue weighted by atomic mass is 32.1. The van der Waals surface area contributed by atoms with E-state index in [0.717, 1.165) is 27.3 Å². The molecule has 0 aliphatic carbocycles. The Bertz CT molecular complexity index is 2050. The Balaban J connectivity index is 1.11. The second kappa shape index (κ2) is 15.9. The zero-order valence-electron chi connectivity index (χ0n) is 31.3. The van der Waals surface area contributed by atoms with Gasteiger partial charge < -0.3 is 36.2 Å². The van der Waals surface area contributed by atoms with E-state index in [1.165, 1.54) is 4.90 Å². The highest BCUT2D eigenvalue weighted by molar-refractivity contribution is 7.13. The maximum atomic E-state index is 14.2. The molecular formula is C40H49N8O5S+. The van der Waals surface area contributed by atoms with Crippen molar-refractivity contribution in [1.82, 2.24) is 25.4 Å². The highest BCUT2D eigenvalue weighted by Crippen LogP contribution is 2.33. The molecule has 54 heavy (non-hydrogen) atoms. The first-order valence-electron chi connectivity index (χ1n) is 18.2. The van der Waals surface area contributed by atoms with Crippen LogP contribution in [0.3, 0.4) is 0 Å². The Morgan fingerprint density at radius 2 is 1.80 bits per heavy atom. The van der Waals surface area contributed by atoms with E-state index in [9.17, 15) is 24.9 Å². The third-order valence-electron chi connectivity index (χ3n) is 10.1. The van der Waals surface area contributed by atoms with Gasteiger partial charge in [0.05, 0.1) is 33.6 Å². The molecule has 0 bridgehead atoms. The lowest BCUT2D eigenvalue weighted by atomic mass is 9.85. The maximum absolute atomic E-state index is 14.2. The number of piperidine rings is 1. The zero-order valence-corrected chi connectivity index (χ0v) is 32.1. The number of nitrogens with two attached hydrogens (primary N) is 1. The van der Waals surface area contributed by atoms with Crippen molar-refractivity contribution >= 4 is 40.6 Å². The summed E-state index contributed by atoms with van der Waals surface area (Å²) < 4.78 is 0. The Kier molecular flexibility index (Phi) is 11.3. The predicted molar refractivity (Wildman–Crippen MR) is 210 cm³/mol. The summed E-state index contributed by atoms with van der Waals surface area (Å²) in [7, 11) is 0. The molecule has 0 saturated carbocycles. The number of hydrogen-bond donors (Lipinski definition) is 6. The molecule has 4 atom stereocenters. The summed E-state index contributed by atoms with van der Waals surface area (Å²) in [5.74, 6) is -0.493. The first-order chi connectivity index (χ1) is 25.7. The van der Waals surface area contributed by atoms with Crippen molar-refractivity contribution in [2.75, 3.05) is 30.3 Å². The minimum absolute atomic E-state index is 0.0322. The summed E-state index contributed by atoms with van der Waals surface area (Å²) in [6.07, 6.45) is 2.09. The van der Waals surface area contributed by atoms with Crippen LogP contribution in [-0.4, -0.2) is 90.9 Å². The molecule has 0 unspecified atom stereocenters. The Morgan fingerprint density at radius 3 is 2.44 bits per heavy atom. The molecule has 284 valence electrons. The Labute approximate surface area is 319 Å². The average molecular weight is 754 g/mol. The van der Waals surface area contributed by atoms with Gasteiger partial charge in [-0.1, -0.05) is 62.7 Å². The number of phenols is 1. The number of aliphatic hydroxyl groups is 2. The number of para-hydroxylation sites is 1. The van der Waals surface area contributed by atoms with Crippen LogP contribution in [-0.2, 0) is 9.59 Å². The average Bonchev–Trinajstić information content (AvgIpc) is 3.76. The Hall–Kier alpha value is -5.34. The van der Waals surface area contributed by atoms with Crippen LogP contribution >= 0.6 is 11.3 Å². The van der Waals surface area contributed by atoms with Crippen LogP contribution in [0, 0.1) is 12.3 Å². The topological polar surface area (TPSA) is 192 Å². The largest absolute Gasteiger partial charge is 0.507 e. The maximum Gasteiger partial charge on any atom is 0.356 e. The molecule has 0 spiro atoms. The van der Waals surface area contributed by atoms with Crippen LogP contribution in [0.15, 0.2) is 71.8 Å². The number of hydrogen-bond acceptors (Lipinski definition) is 10. The smallest absolute Gasteiger partial charge is 0.356 e. The number of carbonyl (C=O) groups is 2. The molecule has 2 aliphatic heterocycles. The van der Waals surface area contributed by atoms with Crippen LogP contribution in [0.2, 0.25) is 0 Å². The van der Waals surface area contributed by atoms with E-state index >= 15 is 0 Å². The summed E-state index contributed by atoms with van der Waals surface area (Å²) in [4.78, 5) is 39.8. The molecule has 0 radical (unpaired) electrons. The number of thiazole rings is 1. The van der Waals surface area contributed by atoms with Crippen molar-refractivity contribution in [3.63, 3.8) is 0 Å². The number of anilines is 2. The summed E-state index contributed by atoms with van der Waals surface area (Å²) in [5, 5.41) is 43.5. The fourth-order valence-electron chi connectivity index (χ4n) is 7.05. The number of amides is 2. The summed E-state index contributed by atoms with van der Waals surface area (Å²) in [5.41, 5.74) is 13.1. The van der Waals surface area contributed by atoms with Crippen LogP contribution in [0.1, 0.15) is 64.3 Å². The van der Waals surface area contributed by atoms with Crippen LogP contribution in [0.4, 0.5) is 11.5 Å². The molecule has 2 saturated heterocycles. The van der Waals surface area contributed by atoms with E-state index in [0.29, 0.717) is 42.9 Å². The molecule has 2 aliphatic rings. The fraction of sp³-hybridized carbons (Fsp3) is 0.400. The molecule has 4 aromatic rings. The molecule has 4 heterocycles. The number of nitrogens with one attached hydrogen (secondary N) is 2. The zero-order chi connectivity index (χ0) is 38.7. The highest BCUT2D eigenvalue weighted by Gasteiger charge is 2.45. The van der Waals surface area contributed by atoms with Crippen molar-refractivity contribution in [2.45, 2.75) is 78.1 Å². The van der Waals surface area contributed by atoms with E-state index in [-0.39, 0.29) is 48.3 Å². The molecule has 2 fully saturated rings. The second-order valence-electron chi connectivity index (χ2n) is 15.2. The molecule has 7 N–H and O–H groups in total. The third-order valence-corrected chi connectivity index (χ3v) is 11.1. The van der Waals surface area contributed by atoms with Gasteiger partial charge in [0, 0.05) is 50.2 Å². The number of aliphatic hydroxyl groups excluding tert-OH is 2. The van der Waals surface area contributed by atoms with Gasteiger partial charge in [-0.3, -0.25) is 9.59 Å². The van der Waals surface area contributed by atoms with Gasteiger partial charge in [0.25, 0.3) is 0 Å². The van der Waals surface area contributed by atoms with Gasteiger partial charge in [0.1, 0.15) is 11.8 Å². The van der Waals surface area contributed by atoms with Gasteiger partial charge in [0.15, 0.2) is 17.9 Å². The predicted octanol–water partition coefficient (Wildman–Crippen LogP) is 3.68. The van der Waals surface area contributed by atoms with E-state index in [1.807, 2.05) is 76.5 Å². The van der Waals surface area contributed by atoms with Gasteiger partial charge in [0.2, 0.25) is 11.8 Å². The van der Waals surface area contributed by atoms with Crippen LogP contribution < -0.4 is 20.9 Å². The quantitative estimate of drug-likeness (QED) is 0.0835. The van der Waals surface area contributed by atoms with E-state index in [2.05, 4.69) is 30.4 Å². The standard InChI is InChI=1S/C40H48N8O5S/c1-23(26-10-12-27(13-11-26)35-24(2)42-22-54-35)43-38(52)32-19-28(49)21-48(32)39(53)36(40(3,4)5)44-34(51)18-25-14-16-47(17-15-25)31-20-30(45-46-37(31)41)29-8-6-7-9-33(29)50/h6-13,18,20,22-23,28,32,36,49-50H,14-17,19,21H2,1-5H3,(H2,41,46)(H,43,52)(H,44,51)/p+1/t23-,28+,32-,36+/m0/s1. The molecule has 2 amide bonds. The second-order valence-corrected chi connectivity index (χ2v) is 16.0. The number of aryl methyl sites for hydroxylation is 1. The minimum atomic E-state index is -0.918. The number of nitrogen functional groups attached to an aromatic ring is 1. The van der Waals surface area contributed by atoms with Crippen molar-refractivity contribution in [1.29, 1.82) is 0 Å². The van der Waals surface area contributed by atoms with Gasteiger partial charge in [-0.15, -0.1) is 21.5 Å². The lowest BCUT2D eigenvalue weighted by Gasteiger charge is -2.34. The molecule has 2 aromatic carbocycles. The summed E-state index contributed by atoms with van der Waals surface area (Å²) >= 11 is 1.59. The number of phenolic OH excluding ortho intramolecular Hbond substituents is 1. The lowest BCUT2D eigenvalue weighted by Crippen LogP contribution is -2.77. The number of likely N-dealkylation sites (tertiary alicyclic amines) is 1. The Morgan fingerprint density at radius 1 is 1.09 bits per heavy atom. The fourth-order valence-corrected chi connectivity index (χ4v) is 7.86. The van der Waals surface area contributed by atoms with Gasteiger partial charge in [-0.25, -0.2) is 9.98 Å². The lowest BCUT2D eigenvalue weighted by molar-refractivity contribution is -0.515. The van der Waals surface area contributed by atoms with Crippen LogP contribution in [0.25, 0.3) is 21.7 Å². The van der Waals surface area contributed by atoms with E-state index in [1.54, 1.807) is 35.6 Å². The molecule has 14 heteroatoms. The number of β-amino-alcohol motifs (C(OH)–C–C–N with tert-alkyl or cyclic N) is 1. The van der Waals surface area contributed by atoms with Crippen molar-refractivity contribution in [2.24, 2.45) is 5.41 Å². The normalized spacial score (nSPS) is 19.1. The molecular weight excluding hydrogens is 705 g/mol. The minimum Gasteiger partial charge on any atom is -0.507 e. The van der Waals surface area contributed by atoms with Gasteiger partial charge in [-0.05, 0) is 48.9 Å². The first kappa shape index (κ1) is 38.4. The number of rotatable bonds is 9. The van der Waals surface area contributed by atoms with Crippen molar-refractivity contribution in [3.05, 3.63) is 83.0 Å². The third kappa shape index (κ3) is 8.55. The molecule has 6 rings (SSSR count). The summed E-state index contributed by atoms with van der Waals surface area (Å²) in [6.45, 7) is 10.7. The molecule has 13 nitrogen and oxygen atoms in total. The first-order valence-corrected chi connectivity index (χ1v) is 19.0. The van der Waals surface area contributed by atoms with Gasteiger partial charge >= 0.3 is 5.90 Å². The monoisotopic (exact) mass is 753 g/mol. The van der Waals surface area contributed by atoms with Gasteiger partial charge in [-0.2, -0.15) is 0 Å². The number of benzene rings is 2. The number of aromatic hydroxyl groups is 1. The number of carbonyl (C=O) groups excluding carboxylic acids is 2. The SMILES string of the molecule is Cc1ncsc1-c1ccc([C@H](C)[NH+]=C(O)[C@@H]2C[C@@H](O)CN2C(=O)[C@@H](NC(=O)C=C2CCN(c3cc(-c4ccccc4O)nnc3N)CC2)C(C)(C)C)cc1. The number of aromatic nitrogens is 3. The summed E-state index contributed by atoms with van der Waals surface area (Å²) in [6, 6.07) is 14.8. The van der Waals surface area contributed by atoms with Crippen molar-refractivity contribution in [3.8, 4) is 27.4 Å². The van der Waals surface area contributed by atoms with Crippen LogP contribution in [0.5, 0.6) is 5.75 Å². The van der Waals surface area contributed by atoms with E-state index < -0.39 is 23.6 Å². The van der Waals surface area contributed by atoms with Crippen molar-refractivity contribution < 1.29 is 29.9 Å².